The zero-order chi connectivity index (χ0) is 19.3. The second-order valence-corrected chi connectivity index (χ2v) is 9.37. The van der Waals surface area contributed by atoms with Gasteiger partial charge < -0.3 is 10.3 Å². The number of carbonyl (C=O) groups excluding carboxylic acids is 2. The summed E-state index contributed by atoms with van der Waals surface area (Å²) in [5, 5.41) is 9.97. The monoisotopic (exact) mass is 432 g/mol. The molecular weight excluding hydrogens is 412 g/mol. The van der Waals surface area contributed by atoms with Crippen LogP contribution in [0.15, 0.2) is 40.2 Å². The van der Waals surface area contributed by atoms with Crippen molar-refractivity contribution in [2.24, 2.45) is 0 Å². The van der Waals surface area contributed by atoms with Crippen LogP contribution in [0, 0.1) is 0 Å². The molecule has 28 heavy (non-hydrogen) atoms. The first-order valence-corrected chi connectivity index (χ1v) is 11.8. The molecule has 4 rings (SSSR count). The molecule has 0 atom stereocenters. The SMILES string of the molecule is O=C(CSc1nc(-c2cccs2)c(-c2cccs2)[nH]1)NC(=O)NC1CCCC1. The second kappa shape index (κ2) is 8.93. The van der Waals surface area contributed by atoms with Gasteiger partial charge in [0.2, 0.25) is 5.91 Å². The Morgan fingerprint density at radius 1 is 1.14 bits per heavy atom. The van der Waals surface area contributed by atoms with Gasteiger partial charge >= 0.3 is 6.03 Å². The normalized spacial score (nSPS) is 14.3. The van der Waals surface area contributed by atoms with Crippen LogP contribution in [-0.4, -0.2) is 33.7 Å². The van der Waals surface area contributed by atoms with Crippen molar-refractivity contribution in [3.63, 3.8) is 0 Å². The lowest BCUT2D eigenvalue weighted by Gasteiger charge is -2.11. The molecule has 0 saturated heterocycles. The van der Waals surface area contributed by atoms with Gasteiger partial charge in [-0.3, -0.25) is 10.1 Å². The standard InChI is InChI=1S/C19H20N4O2S3/c24-15(21-18(25)20-12-5-1-2-6-12)11-28-19-22-16(13-7-3-9-26-13)17(23-19)14-8-4-10-27-14/h3-4,7-10,12H,1-2,5-6,11H2,(H,22,23)(H2,20,21,24,25). The predicted octanol–water partition coefficient (Wildman–Crippen LogP) is 4.73. The van der Waals surface area contributed by atoms with E-state index in [2.05, 4.69) is 20.6 Å². The first kappa shape index (κ1) is 19.2. The highest BCUT2D eigenvalue weighted by atomic mass is 32.2. The number of hydrogen-bond donors (Lipinski definition) is 3. The third-order valence-electron chi connectivity index (χ3n) is 4.49. The number of urea groups is 1. The Kier molecular flexibility index (Phi) is 6.13. The molecule has 0 bridgehead atoms. The van der Waals surface area contributed by atoms with E-state index in [0.29, 0.717) is 5.16 Å². The summed E-state index contributed by atoms with van der Waals surface area (Å²) in [6.45, 7) is 0. The number of imide groups is 1. The van der Waals surface area contributed by atoms with Crippen molar-refractivity contribution in [2.45, 2.75) is 36.9 Å². The number of amides is 3. The minimum Gasteiger partial charge on any atom is -0.335 e. The predicted molar refractivity (Wildman–Crippen MR) is 115 cm³/mol. The fraction of sp³-hybridized carbons (Fsp3) is 0.316. The maximum absolute atomic E-state index is 12.1. The van der Waals surface area contributed by atoms with Crippen molar-refractivity contribution < 1.29 is 9.59 Å². The molecule has 0 aliphatic heterocycles. The number of nitrogens with one attached hydrogen (secondary N) is 3. The molecule has 146 valence electrons. The third-order valence-corrected chi connectivity index (χ3v) is 7.12. The molecule has 0 unspecified atom stereocenters. The van der Waals surface area contributed by atoms with Crippen molar-refractivity contribution in [2.75, 3.05) is 5.75 Å². The number of aromatic nitrogens is 2. The maximum Gasteiger partial charge on any atom is 0.321 e. The Morgan fingerprint density at radius 3 is 2.54 bits per heavy atom. The van der Waals surface area contributed by atoms with E-state index in [1.54, 1.807) is 22.7 Å². The summed E-state index contributed by atoms with van der Waals surface area (Å²) >= 11 is 4.56. The number of thiophene rings is 2. The minimum atomic E-state index is -0.407. The Labute approximate surface area is 175 Å². The molecular formula is C19H20N4O2S3. The number of imidazole rings is 1. The average Bonchev–Trinajstić information content (AvgIpc) is 3.47. The van der Waals surface area contributed by atoms with Crippen molar-refractivity contribution in [3.8, 4) is 21.1 Å². The molecule has 3 amide bonds. The highest BCUT2D eigenvalue weighted by Crippen LogP contribution is 2.36. The number of H-pyrrole nitrogens is 1. The van der Waals surface area contributed by atoms with Gasteiger partial charge in [-0.2, -0.15) is 0 Å². The van der Waals surface area contributed by atoms with Crippen LogP contribution in [0.2, 0.25) is 0 Å². The number of hydrogen-bond acceptors (Lipinski definition) is 6. The summed E-state index contributed by atoms with van der Waals surface area (Å²) in [5.74, 6) is -0.202. The van der Waals surface area contributed by atoms with E-state index in [1.807, 2.05) is 35.0 Å². The number of nitrogens with zero attached hydrogens (tertiary/aromatic N) is 1. The number of aromatic amines is 1. The fourth-order valence-electron chi connectivity index (χ4n) is 3.20. The van der Waals surface area contributed by atoms with Gasteiger partial charge in [0.25, 0.3) is 0 Å². The Balaban J connectivity index is 1.39. The number of carbonyl (C=O) groups is 2. The first-order valence-electron chi connectivity index (χ1n) is 9.10. The van der Waals surface area contributed by atoms with Crippen LogP contribution in [0.4, 0.5) is 4.79 Å². The Hall–Kier alpha value is -2.10. The van der Waals surface area contributed by atoms with E-state index in [9.17, 15) is 9.59 Å². The molecule has 6 nitrogen and oxygen atoms in total. The molecule has 3 N–H and O–H groups in total. The van der Waals surface area contributed by atoms with Gasteiger partial charge in [-0.25, -0.2) is 9.78 Å². The molecule has 3 aromatic heterocycles. The molecule has 9 heteroatoms. The van der Waals surface area contributed by atoms with E-state index in [1.165, 1.54) is 11.8 Å². The topological polar surface area (TPSA) is 86.9 Å². The lowest BCUT2D eigenvalue weighted by Crippen LogP contribution is -2.44. The van der Waals surface area contributed by atoms with Crippen molar-refractivity contribution in [3.05, 3.63) is 35.0 Å². The van der Waals surface area contributed by atoms with Crippen LogP contribution in [0.3, 0.4) is 0 Å². The Morgan fingerprint density at radius 2 is 1.86 bits per heavy atom. The van der Waals surface area contributed by atoms with Crippen LogP contribution in [0.25, 0.3) is 21.1 Å². The maximum atomic E-state index is 12.1. The first-order chi connectivity index (χ1) is 13.7. The van der Waals surface area contributed by atoms with Gasteiger partial charge in [0.05, 0.1) is 21.2 Å². The lowest BCUT2D eigenvalue weighted by molar-refractivity contribution is -0.117. The Bertz CT molecular complexity index is 877. The zero-order valence-corrected chi connectivity index (χ0v) is 17.5. The molecule has 3 heterocycles. The van der Waals surface area contributed by atoms with E-state index in [4.69, 9.17) is 0 Å². The zero-order valence-electron chi connectivity index (χ0n) is 15.1. The van der Waals surface area contributed by atoms with E-state index < -0.39 is 6.03 Å². The molecule has 0 spiro atoms. The summed E-state index contributed by atoms with van der Waals surface area (Å²) in [6.07, 6.45) is 4.23. The van der Waals surface area contributed by atoms with Crippen molar-refractivity contribution in [1.29, 1.82) is 0 Å². The van der Waals surface area contributed by atoms with Crippen LogP contribution < -0.4 is 10.6 Å². The number of rotatable bonds is 6. The van der Waals surface area contributed by atoms with E-state index >= 15 is 0 Å². The fourth-order valence-corrected chi connectivity index (χ4v) is 5.32. The quantitative estimate of drug-likeness (QED) is 0.492. The largest absolute Gasteiger partial charge is 0.335 e. The molecule has 0 aromatic carbocycles. The van der Waals surface area contributed by atoms with Crippen LogP contribution in [-0.2, 0) is 4.79 Å². The summed E-state index contributed by atoms with van der Waals surface area (Å²) < 4.78 is 0. The van der Waals surface area contributed by atoms with Crippen molar-refractivity contribution in [1.82, 2.24) is 20.6 Å². The average molecular weight is 433 g/mol. The molecule has 1 fully saturated rings. The molecule has 3 aromatic rings. The molecule has 1 aliphatic rings. The minimum absolute atomic E-state index is 0.124. The van der Waals surface area contributed by atoms with Crippen LogP contribution in [0.5, 0.6) is 0 Å². The smallest absolute Gasteiger partial charge is 0.321 e. The van der Waals surface area contributed by atoms with Gasteiger partial charge in [-0.15, -0.1) is 22.7 Å². The summed E-state index contributed by atoms with van der Waals surface area (Å²) in [7, 11) is 0. The molecule has 1 saturated carbocycles. The molecule has 1 aliphatic carbocycles. The van der Waals surface area contributed by atoms with Crippen molar-refractivity contribution >= 4 is 46.4 Å². The van der Waals surface area contributed by atoms with Gasteiger partial charge in [0.1, 0.15) is 5.69 Å². The van der Waals surface area contributed by atoms with Gasteiger partial charge in [-0.1, -0.05) is 36.7 Å². The lowest BCUT2D eigenvalue weighted by atomic mass is 10.2. The van der Waals surface area contributed by atoms with E-state index in [0.717, 1.165) is 46.8 Å². The van der Waals surface area contributed by atoms with Gasteiger partial charge in [0, 0.05) is 6.04 Å². The second-order valence-electron chi connectivity index (χ2n) is 6.51. The van der Waals surface area contributed by atoms with Crippen LogP contribution >= 0.6 is 34.4 Å². The van der Waals surface area contributed by atoms with Gasteiger partial charge in [0.15, 0.2) is 5.16 Å². The highest BCUT2D eigenvalue weighted by molar-refractivity contribution is 7.99. The van der Waals surface area contributed by atoms with E-state index in [-0.39, 0.29) is 17.7 Å². The third kappa shape index (κ3) is 4.65. The number of thioether (sulfide) groups is 1. The molecule has 0 radical (unpaired) electrons. The van der Waals surface area contributed by atoms with Gasteiger partial charge in [-0.05, 0) is 35.7 Å². The summed E-state index contributed by atoms with van der Waals surface area (Å²) in [6, 6.07) is 7.86. The summed E-state index contributed by atoms with van der Waals surface area (Å²) in [4.78, 5) is 34.2. The highest BCUT2D eigenvalue weighted by Gasteiger charge is 2.19. The van der Waals surface area contributed by atoms with Crippen LogP contribution in [0.1, 0.15) is 25.7 Å². The summed E-state index contributed by atoms with van der Waals surface area (Å²) in [5.41, 5.74) is 1.85.